The van der Waals surface area contributed by atoms with E-state index in [-0.39, 0.29) is 6.61 Å². The van der Waals surface area contributed by atoms with E-state index >= 15 is 0 Å². The van der Waals surface area contributed by atoms with Crippen LogP contribution in [0.3, 0.4) is 0 Å². The van der Waals surface area contributed by atoms with E-state index in [1.807, 2.05) is 19.2 Å². The van der Waals surface area contributed by atoms with Gasteiger partial charge < -0.3 is 9.63 Å². The number of unbranched alkanes of at least 4 members (excludes halogenated alkanes) is 2. The zero-order chi connectivity index (χ0) is 15.1. The molecule has 6 heteroatoms. The molecular formula is C15H20ClN3O2. The fraction of sp³-hybridized carbons (Fsp3) is 0.467. The molecule has 0 radical (unpaired) electrons. The molecule has 0 saturated carbocycles. The van der Waals surface area contributed by atoms with Gasteiger partial charge in [0, 0.05) is 17.2 Å². The Morgan fingerprint density at radius 2 is 1.95 bits per heavy atom. The minimum Gasteiger partial charge on any atom is -0.396 e. The van der Waals surface area contributed by atoms with E-state index in [0.717, 1.165) is 31.4 Å². The average Bonchev–Trinajstić information content (AvgIpc) is 2.93. The van der Waals surface area contributed by atoms with Gasteiger partial charge in [0.2, 0.25) is 0 Å². The Morgan fingerprint density at radius 3 is 2.67 bits per heavy atom. The van der Waals surface area contributed by atoms with E-state index in [1.165, 1.54) is 0 Å². The molecule has 1 aromatic carbocycles. The summed E-state index contributed by atoms with van der Waals surface area (Å²) in [6.45, 7) is 1.86. The molecule has 0 atom stereocenters. The van der Waals surface area contributed by atoms with Gasteiger partial charge in [0.25, 0.3) is 5.89 Å². The predicted molar refractivity (Wildman–Crippen MR) is 82.0 cm³/mol. The Hall–Kier alpha value is -1.43. The van der Waals surface area contributed by atoms with Crippen LogP contribution in [0.2, 0.25) is 5.02 Å². The Labute approximate surface area is 129 Å². The van der Waals surface area contributed by atoms with Crippen LogP contribution in [0.1, 0.15) is 25.1 Å². The highest BCUT2D eigenvalue weighted by Crippen LogP contribution is 2.19. The third-order valence-corrected chi connectivity index (χ3v) is 3.42. The smallest absolute Gasteiger partial charge is 0.257 e. The van der Waals surface area contributed by atoms with Crippen LogP contribution in [0.5, 0.6) is 0 Å². The summed E-state index contributed by atoms with van der Waals surface area (Å²) in [5.41, 5.74) is 0.865. The van der Waals surface area contributed by atoms with Gasteiger partial charge in [-0.05, 0) is 57.1 Å². The molecule has 2 aromatic rings. The second-order valence-corrected chi connectivity index (χ2v) is 5.48. The van der Waals surface area contributed by atoms with Crippen LogP contribution in [-0.2, 0) is 6.54 Å². The van der Waals surface area contributed by atoms with E-state index in [9.17, 15) is 0 Å². The van der Waals surface area contributed by atoms with E-state index in [4.69, 9.17) is 21.2 Å². The highest BCUT2D eigenvalue weighted by molar-refractivity contribution is 6.30. The molecule has 0 aliphatic heterocycles. The summed E-state index contributed by atoms with van der Waals surface area (Å²) in [5.74, 6) is 1.18. The van der Waals surface area contributed by atoms with Crippen molar-refractivity contribution in [3.63, 3.8) is 0 Å². The molecule has 1 heterocycles. The first-order valence-electron chi connectivity index (χ1n) is 7.07. The predicted octanol–water partition coefficient (Wildman–Crippen LogP) is 2.98. The first-order valence-corrected chi connectivity index (χ1v) is 7.45. The molecule has 2 rings (SSSR count). The van der Waals surface area contributed by atoms with Crippen molar-refractivity contribution >= 4 is 11.6 Å². The SMILES string of the molecule is CN(CCCCCO)Cc1noc(-c2ccc(Cl)cc2)n1. The standard InChI is InChI=1S/C15H20ClN3O2/c1-19(9-3-2-4-10-20)11-14-17-15(21-18-14)12-5-7-13(16)8-6-12/h5-8,20H,2-4,9-11H2,1H3. The van der Waals surface area contributed by atoms with Crippen LogP contribution in [0.15, 0.2) is 28.8 Å². The maximum atomic E-state index is 8.74. The third-order valence-electron chi connectivity index (χ3n) is 3.17. The Kier molecular flexibility index (Phi) is 6.17. The summed E-state index contributed by atoms with van der Waals surface area (Å²) in [5, 5.41) is 13.4. The van der Waals surface area contributed by atoms with Crippen LogP contribution in [0.25, 0.3) is 11.5 Å². The molecule has 0 amide bonds. The summed E-state index contributed by atoms with van der Waals surface area (Å²) in [4.78, 5) is 6.54. The van der Waals surface area contributed by atoms with Crippen molar-refractivity contribution in [1.82, 2.24) is 15.0 Å². The summed E-state index contributed by atoms with van der Waals surface area (Å²) < 4.78 is 5.27. The molecule has 1 aromatic heterocycles. The maximum Gasteiger partial charge on any atom is 0.257 e. The van der Waals surface area contributed by atoms with Gasteiger partial charge in [-0.2, -0.15) is 4.98 Å². The van der Waals surface area contributed by atoms with Crippen molar-refractivity contribution in [2.45, 2.75) is 25.8 Å². The van der Waals surface area contributed by atoms with Crippen molar-refractivity contribution in [3.8, 4) is 11.5 Å². The summed E-state index contributed by atoms with van der Waals surface area (Å²) in [6.07, 6.45) is 2.94. The van der Waals surface area contributed by atoms with Gasteiger partial charge in [0.1, 0.15) is 0 Å². The molecule has 0 bridgehead atoms. The van der Waals surface area contributed by atoms with Crippen LogP contribution in [-0.4, -0.2) is 40.3 Å². The normalized spacial score (nSPS) is 11.2. The molecule has 5 nitrogen and oxygen atoms in total. The van der Waals surface area contributed by atoms with Crippen LogP contribution >= 0.6 is 11.6 Å². The molecule has 0 unspecified atom stereocenters. The van der Waals surface area contributed by atoms with E-state index in [0.29, 0.717) is 23.3 Å². The van der Waals surface area contributed by atoms with Crippen molar-refractivity contribution in [2.75, 3.05) is 20.2 Å². The van der Waals surface area contributed by atoms with Crippen molar-refractivity contribution in [2.24, 2.45) is 0 Å². The molecule has 0 spiro atoms. The molecule has 114 valence electrons. The van der Waals surface area contributed by atoms with Gasteiger partial charge in [-0.15, -0.1) is 0 Å². The number of nitrogens with zero attached hydrogens (tertiary/aromatic N) is 3. The molecule has 0 aliphatic rings. The largest absolute Gasteiger partial charge is 0.396 e. The number of halogens is 1. The topological polar surface area (TPSA) is 62.4 Å². The Morgan fingerprint density at radius 1 is 1.19 bits per heavy atom. The number of hydrogen-bond donors (Lipinski definition) is 1. The molecule has 0 saturated heterocycles. The van der Waals surface area contributed by atoms with E-state index in [1.54, 1.807) is 12.1 Å². The van der Waals surface area contributed by atoms with Gasteiger partial charge in [-0.1, -0.05) is 16.8 Å². The number of aromatic nitrogens is 2. The van der Waals surface area contributed by atoms with E-state index < -0.39 is 0 Å². The second kappa shape index (κ2) is 8.12. The van der Waals surface area contributed by atoms with Crippen LogP contribution in [0.4, 0.5) is 0 Å². The summed E-state index contributed by atoms with van der Waals surface area (Å²) in [6, 6.07) is 7.32. The molecule has 0 fully saturated rings. The van der Waals surface area contributed by atoms with Gasteiger partial charge in [0.15, 0.2) is 5.82 Å². The molecule has 1 N–H and O–H groups in total. The Bertz CT molecular complexity index is 542. The minimum atomic E-state index is 0.263. The van der Waals surface area contributed by atoms with Crippen molar-refractivity contribution in [1.29, 1.82) is 0 Å². The van der Waals surface area contributed by atoms with E-state index in [2.05, 4.69) is 15.0 Å². The van der Waals surface area contributed by atoms with Crippen molar-refractivity contribution in [3.05, 3.63) is 35.1 Å². The monoisotopic (exact) mass is 309 g/mol. The molecule has 0 aliphatic carbocycles. The maximum absolute atomic E-state index is 8.74. The first-order chi connectivity index (χ1) is 10.2. The Balaban J connectivity index is 1.86. The first kappa shape index (κ1) is 15.9. The fourth-order valence-corrected chi connectivity index (χ4v) is 2.14. The zero-order valence-corrected chi connectivity index (χ0v) is 12.9. The summed E-state index contributed by atoms with van der Waals surface area (Å²) >= 11 is 5.86. The lowest BCUT2D eigenvalue weighted by Gasteiger charge is -2.13. The van der Waals surface area contributed by atoms with Crippen LogP contribution in [0, 0.1) is 0 Å². The third kappa shape index (κ3) is 5.12. The highest BCUT2D eigenvalue weighted by Gasteiger charge is 2.10. The van der Waals surface area contributed by atoms with Gasteiger partial charge in [-0.3, -0.25) is 4.90 Å². The summed E-state index contributed by atoms with van der Waals surface area (Å²) in [7, 11) is 2.03. The number of aliphatic hydroxyl groups excluding tert-OH is 1. The quantitative estimate of drug-likeness (QED) is 0.760. The lowest BCUT2D eigenvalue weighted by molar-refractivity contribution is 0.268. The minimum absolute atomic E-state index is 0.263. The van der Waals surface area contributed by atoms with Crippen LogP contribution < -0.4 is 0 Å². The van der Waals surface area contributed by atoms with Gasteiger partial charge in [-0.25, -0.2) is 0 Å². The highest BCUT2D eigenvalue weighted by atomic mass is 35.5. The zero-order valence-electron chi connectivity index (χ0n) is 12.1. The number of aliphatic hydroxyl groups is 1. The second-order valence-electron chi connectivity index (χ2n) is 5.04. The van der Waals surface area contributed by atoms with Gasteiger partial charge >= 0.3 is 0 Å². The number of hydrogen-bond acceptors (Lipinski definition) is 5. The molecular weight excluding hydrogens is 290 g/mol. The van der Waals surface area contributed by atoms with Crippen molar-refractivity contribution < 1.29 is 9.63 Å². The lowest BCUT2D eigenvalue weighted by Crippen LogP contribution is -2.19. The lowest BCUT2D eigenvalue weighted by atomic mass is 10.2. The van der Waals surface area contributed by atoms with Gasteiger partial charge in [0.05, 0.1) is 6.54 Å². The fourth-order valence-electron chi connectivity index (χ4n) is 2.02. The average molecular weight is 310 g/mol. The molecule has 21 heavy (non-hydrogen) atoms. The number of rotatable bonds is 8. The number of benzene rings is 1.